The molecule has 0 aliphatic carbocycles. The molecule has 76 valence electrons. The third-order valence-corrected chi connectivity index (χ3v) is 1.85. The number of hydrogen-bond donors (Lipinski definition) is 3. The summed E-state index contributed by atoms with van der Waals surface area (Å²) in [5.41, 5.74) is 0. The van der Waals surface area contributed by atoms with Crippen LogP contribution in [0.1, 0.15) is 6.42 Å². The molecule has 0 radical (unpaired) electrons. The Morgan fingerprint density at radius 3 is 2.85 bits per heavy atom. The predicted molar refractivity (Wildman–Crippen MR) is 41.4 cm³/mol. The molecule has 2 unspecified atom stereocenters. The number of rotatable bonds is 3. The zero-order valence-corrected chi connectivity index (χ0v) is 6.96. The summed E-state index contributed by atoms with van der Waals surface area (Å²) in [7, 11) is 0. The van der Waals surface area contributed by atoms with Gasteiger partial charge in [-0.3, -0.25) is 4.79 Å². The fourth-order valence-corrected chi connectivity index (χ4v) is 1.22. The van der Waals surface area contributed by atoms with Gasteiger partial charge < -0.3 is 15.7 Å². The molecule has 6 heteroatoms. The van der Waals surface area contributed by atoms with Gasteiger partial charge in [-0.15, -0.1) is 0 Å². The minimum atomic E-state index is -2.53. The van der Waals surface area contributed by atoms with Crippen molar-refractivity contribution in [2.75, 3.05) is 13.1 Å². The first kappa shape index (κ1) is 10.3. The van der Waals surface area contributed by atoms with E-state index in [1.165, 1.54) is 0 Å². The van der Waals surface area contributed by atoms with Gasteiger partial charge in [-0.2, -0.15) is 0 Å². The second kappa shape index (κ2) is 4.48. The Morgan fingerprint density at radius 1 is 1.69 bits per heavy atom. The molecule has 3 N–H and O–H groups in total. The molecule has 0 aromatic heterocycles. The Kier molecular flexibility index (Phi) is 3.56. The van der Waals surface area contributed by atoms with Crippen LogP contribution in [0, 0.1) is 0 Å². The fraction of sp³-hybridized carbons (Fsp3) is 0.857. The quantitative estimate of drug-likeness (QED) is 0.545. The molecule has 0 aromatic rings. The zero-order valence-electron chi connectivity index (χ0n) is 6.96. The van der Waals surface area contributed by atoms with Gasteiger partial charge in [0.2, 0.25) is 5.91 Å². The lowest BCUT2D eigenvalue weighted by atomic mass is 10.2. The van der Waals surface area contributed by atoms with E-state index in [-0.39, 0.29) is 6.42 Å². The molecule has 1 fully saturated rings. The number of nitrogens with one attached hydrogen (secondary N) is 2. The zero-order chi connectivity index (χ0) is 9.84. The van der Waals surface area contributed by atoms with E-state index in [4.69, 9.17) is 5.11 Å². The molecule has 0 spiro atoms. The van der Waals surface area contributed by atoms with Crippen molar-refractivity contribution in [2.45, 2.75) is 25.0 Å². The number of carbonyl (C=O) groups excluding carboxylic acids is 1. The normalized spacial score (nSPS) is 28.0. The number of aliphatic hydroxyl groups excluding tert-OH is 1. The van der Waals surface area contributed by atoms with Crippen molar-refractivity contribution in [3.8, 4) is 0 Å². The lowest BCUT2D eigenvalue weighted by Crippen LogP contribution is -2.42. The van der Waals surface area contributed by atoms with E-state index >= 15 is 0 Å². The second-order valence-corrected chi connectivity index (χ2v) is 2.99. The van der Waals surface area contributed by atoms with Crippen LogP contribution in [0.3, 0.4) is 0 Å². The van der Waals surface area contributed by atoms with Crippen molar-refractivity contribution in [3.63, 3.8) is 0 Å². The molecule has 1 aliphatic rings. The molecule has 4 nitrogen and oxygen atoms in total. The molecule has 13 heavy (non-hydrogen) atoms. The summed E-state index contributed by atoms with van der Waals surface area (Å²) in [6, 6.07) is -0.534. The third-order valence-electron chi connectivity index (χ3n) is 1.85. The molecule has 0 aromatic carbocycles. The Balaban J connectivity index is 2.24. The number of aliphatic hydroxyl groups is 1. The van der Waals surface area contributed by atoms with Gasteiger partial charge in [0.25, 0.3) is 6.43 Å². The van der Waals surface area contributed by atoms with E-state index in [9.17, 15) is 13.6 Å². The number of alkyl halides is 2. The summed E-state index contributed by atoms with van der Waals surface area (Å²) in [6.45, 7) is -0.292. The van der Waals surface area contributed by atoms with Gasteiger partial charge in [0.15, 0.2) is 0 Å². The van der Waals surface area contributed by atoms with Crippen molar-refractivity contribution in [2.24, 2.45) is 0 Å². The number of halogens is 2. The molecule has 0 bridgehead atoms. The standard InChI is InChI=1S/C7H12F2N2O2/c8-6(9)3-11-7(13)5-1-4(12)2-10-5/h4-6,10,12H,1-3H2,(H,11,13). The first-order valence-electron chi connectivity index (χ1n) is 4.07. The first-order valence-corrected chi connectivity index (χ1v) is 4.07. The van der Waals surface area contributed by atoms with E-state index < -0.39 is 31.0 Å². The summed E-state index contributed by atoms with van der Waals surface area (Å²) >= 11 is 0. The molecule has 1 amide bonds. The van der Waals surface area contributed by atoms with Gasteiger partial charge in [0, 0.05) is 6.54 Å². The summed E-state index contributed by atoms with van der Waals surface area (Å²) in [6.07, 6.45) is -2.80. The van der Waals surface area contributed by atoms with E-state index in [0.29, 0.717) is 6.54 Å². The number of amides is 1. The lowest BCUT2D eigenvalue weighted by Gasteiger charge is -2.09. The molecule has 1 aliphatic heterocycles. The van der Waals surface area contributed by atoms with Crippen LogP contribution in [0.2, 0.25) is 0 Å². The lowest BCUT2D eigenvalue weighted by molar-refractivity contribution is -0.123. The minimum absolute atomic E-state index is 0.287. The van der Waals surface area contributed by atoms with Crippen molar-refractivity contribution >= 4 is 5.91 Å². The summed E-state index contributed by atoms with van der Waals surface area (Å²) < 4.78 is 23.3. The van der Waals surface area contributed by atoms with Gasteiger partial charge in [0.1, 0.15) is 0 Å². The van der Waals surface area contributed by atoms with E-state index in [2.05, 4.69) is 10.6 Å². The monoisotopic (exact) mass is 194 g/mol. The molecule has 2 atom stereocenters. The van der Waals surface area contributed by atoms with E-state index in [1.54, 1.807) is 0 Å². The fourth-order valence-electron chi connectivity index (χ4n) is 1.22. The van der Waals surface area contributed by atoms with Crippen LogP contribution in [-0.2, 0) is 4.79 Å². The molecule has 1 saturated heterocycles. The Bertz CT molecular complexity index is 189. The van der Waals surface area contributed by atoms with Crippen molar-refractivity contribution in [1.82, 2.24) is 10.6 Å². The van der Waals surface area contributed by atoms with Crippen LogP contribution in [-0.4, -0.2) is 42.7 Å². The molecule has 1 heterocycles. The number of β-amino-alcohol motifs (C(OH)–C–C–N with tert-alkyl or cyclic N) is 1. The summed E-state index contributed by atoms with van der Waals surface area (Å²) in [4.78, 5) is 11.1. The molecular weight excluding hydrogens is 182 g/mol. The van der Waals surface area contributed by atoms with Crippen LogP contribution >= 0.6 is 0 Å². The molecule has 0 saturated carbocycles. The summed E-state index contributed by atoms with van der Waals surface area (Å²) in [5, 5.41) is 13.8. The third kappa shape index (κ3) is 3.23. The van der Waals surface area contributed by atoms with E-state index in [1.807, 2.05) is 0 Å². The van der Waals surface area contributed by atoms with Crippen LogP contribution in [0.4, 0.5) is 8.78 Å². The van der Waals surface area contributed by atoms with Crippen LogP contribution in [0.25, 0.3) is 0 Å². The maximum Gasteiger partial charge on any atom is 0.255 e. The van der Waals surface area contributed by atoms with Crippen molar-refractivity contribution in [1.29, 1.82) is 0 Å². The topological polar surface area (TPSA) is 61.4 Å². The average molecular weight is 194 g/mol. The summed E-state index contributed by atoms with van der Waals surface area (Å²) in [5.74, 6) is -0.475. The van der Waals surface area contributed by atoms with Gasteiger partial charge in [-0.25, -0.2) is 8.78 Å². The van der Waals surface area contributed by atoms with Crippen LogP contribution in [0.5, 0.6) is 0 Å². The smallest absolute Gasteiger partial charge is 0.255 e. The minimum Gasteiger partial charge on any atom is -0.392 e. The van der Waals surface area contributed by atoms with Crippen molar-refractivity contribution < 1.29 is 18.7 Å². The second-order valence-electron chi connectivity index (χ2n) is 2.99. The Morgan fingerprint density at radius 2 is 2.38 bits per heavy atom. The maximum atomic E-state index is 11.7. The highest BCUT2D eigenvalue weighted by atomic mass is 19.3. The average Bonchev–Trinajstić information content (AvgIpc) is 2.47. The largest absolute Gasteiger partial charge is 0.392 e. The van der Waals surface area contributed by atoms with Crippen molar-refractivity contribution in [3.05, 3.63) is 0 Å². The highest BCUT2D eigenvalue weighted by molar-refractivity contribution is 5.82. The van der Waals surface area contributed by atoms with Crippen LogP contribution < -0.4 is 10.6 Å². The Hall–Kier alpha value is -0.750. The van der Waals surface area contributed by atoms with Gasteiger partial charge in [-0.1, -0.05) is 0 Å². The van der Waals surface area contributed by atoms with Gasteiger partial charge in [0.05, 0.1) is 18.7 Å². The van der Waals surface area contributed by atoms with Gasteiger partial charge in [-0.05, 0) is 6.42 Å². The van der Waals surface area contributed by atoms with E-state index in [0.717, 1.165) is 0 Å². The predicted octanol–water partition coefficient (Wildman–Crippen LogP) is -0.910. The Labute approximate surface area is 74.3 Å². The van der Waals surface area contributed by atoms with Crippen LogP contribution in [0.15, 0.2) is 0 Å². The SMILES string of the molecule is O=C(NCC(F)F)C1CC(O)CN1. The highest BCUT2D eigenvalue weighted by Crippen LogP contribution is 2.05. The number of carbonyl (C=O) groups is 1. The molecule has 1 rings (SSSR count). The number of hydrogen-bond acceptors (Lipinski definition) is 3. The van der Waals surface area contributed by atoms with Gasteiger partial charge >= 0.3 is 0 Å². The molecular formula is C7H12F2N2O2. The maximum absolute atomic E-state index is 11.7. The highest BCUT2D eigenvalue weighted by Gasteiger charge is 2.27. The first-order chi connectivity index (χ1) is 6.09.